The van der Waals surface area contributed by atoms with Crippen LogP contribution in [0.15, 0.2) is 36.9 Å². The predicted molar refractivity (Wildman–Crippen MR) is 102 cm³/mol. The lowest BCUT2D eigenvalue weighted by Gasteiger charge is -2.43. The molecule has 0 unspecified atom stereocenters. The molecule has 30 heavy (non-hydrogen) atoms. The molecule has 5 N–H and O–H groups in total. The normalized spacial score (nSPS) is 26.5. The van der Waals surface area contributed by atoms with Crippen molar-refractivity contribution in [3.05, 3.63) is 36.9 Å². The minimum atomic E-state index is -5.03. The van der Waals surface area contributed by atoms with Crippen molar-refractivity contribution in [3.8, 4) is 5.75 Å². The monoisotopic (exact) mass is 446 g/mol. The summed E-state index contributed by atoms with van der Waals surface area (Å²) in [6, 6.07) is 4.52. The summed E-state index contributed by atoms with van der Waals surface area (Å²) < 4.78 is 47.1. The molecule has 1 aliphatic heterocycles. The number of aliphatic hydroxyl groups is 2. The molecule has 1 aromatic carbocycles. The highest BCUT2D eigenvalue weighted by Crippen LogP contribution is 2.27. The topological polar surface area (TPSA) is 181 Å². The smallest absolute Gasteiger partial charge is 0.397 e. The van der Waals surface area contributed by atoms with Crippen LogP contribution in [-0.4, -0.2) is 72.2 Å². The van der Waals surface area contributed by atoms with Crippen LogP contribution in [0, 0.1) is 0 Å². The van der Waals surface area contributed by atoms with Crippen molar-refractivity contribution in [2.24, 2.45) is 0 Å². The molecule has 1 heterocycles. The largest absolute Gasteiger partial charge is 0.463 e. The molecule has 1 fully saturated rings. The lowest BCUT2D eigenvalue weighted by atomic mass is 9.97. The van der Waals surface area contributed by atoms with E-state index in [-0.39, 0.29) is 5.75 Å². The van der Waals surface area contributed by atoms with Gasteiger partial charge in [-0.15, -0.1) is 0 Å². The number of hydrogen-bond donors (Lipinski definition) is 5. The van der Waals surface area contributed by atoms with Gasteiger partial charge < -0.3 is 30.3 Å². The Morgan fingerprint density at radius 1 is 1.30 bits per heavy atom. The van der Waals surface area contributed by atoms with Crippen LogP contribution in [0.3, 0.4) is 0 Å². The molecule has 12 nitrogen and oxygen atoms in total. The summed E-state index contributed by atoms with van der Waals surface area (Å²) >= 11 is 0. The molecule has 0 aliphatic carbocycles. The van der Waals surface area contributed by atoms with E-state index in [0.29, 0.717) is 5.69 Å². The number of carbonyl (C=O) groups is 2. The van der Waals surface area contributed by atoms with Gasteiger partial charge in [-0.25, -0.2) is 4.18 Å². The van der Waals surface area contributed by atoms with Crippen LogP contribution in [0.25, 0.3) is 0 Å². The number of amides is 2. The maximum atomic E-state index is 11.6. The number of rotatable bonds is 8. The molecule has 5 atom stereocenters. The lowest BCUT2D eigenvalue weighted by molar-refractivity contribution is -0.239. The highest BCUT2D eigenvalue weighted by molar-refractivity contribution is 7.80. The SMILES string of the molecule is C=CC(=O)Nc1ccc(O[C@@H]2O[C@H](CO)[C@@H](O)[C@H](OS(=O)(=O)O)[C@H]2NC(C)=O)cc1. The third kappa shape index (κ3) is 6.48. The Morgan fingerprint density at radius 2 is 1.93 bits per heavy atom. The van der Waals surface area contributed by atoms with Crippen LogP contribution in [0.4, 0.5) is 5.69 Å². The molecule has 0 saturated carbocycles. The Kier molecular flexibility index (Phi) is 7.89. The second-order valence-electron chi connectivity index (χ2n) is 6.27. The van der Waals surface area contributed by atoms with Gasteiger partial charge in [-0.3, -0.25) is 14.1 Å². The Labute approximate surface area is 172 Å². The Bertz CT molecular complexity index is 873. The predicted octanol–water partition coefficient (Wildman–Crippen LogP) is -1.04. The van der Waals surface area contributed by atoms with E-state index in [1.54, 1.807) is 0 Å². The molecule has 2 rings (SSSR count). The molecule has 0 aromatic heterocycles. The summed E-state index contributed by atoms with van der Waals surface area (Å²) in [5.74, 6) is -0.862. The number of ether oxygens (including phenoxy) is 2. The molecule has 1 saturated heterocycles. The van der Waals surface area contributed by atoms with E-state index in [1.165, 1.54) is 24.3 Å². The summed E-state index contributed by atoms with van der Waals surface area (Å²) in [6.07, 6.45) is -5.09. The van der Waals surface area contributed by atoms with Gasteiger partial charge in [0.15, 0.2) is 0 Å². The van der Waals surface area contributed by atoms with Gasteiger partial charge in [0.05, 0.1) is 6.61 Å². The minimum Gasteiger partial charge on any atom is -0.463 e. The van der Waals surface area contributed by atoms with Gasteiger partial charge in [-0.05, 0) is 30.3 Å². The van der Waals surface area contributed by atoms with Crippen molar-refractivity contribution in [1.82, 2.24) is 5.32 Å². The first-order chi connectivity index (χ1) is 14.0. The zero-order chi connectivity index (χ0) is 22.5. The molecule has 13 heteroatoms. The lowest BCUT2D eigenvalue weighted by Crippen LogP contribution is -2.66. The highest BCUT2D eigenvalue weighted by Gasteiger charge is 2.49. The van der Waals surface area contributed by atoms with Gasteiger partial charge in [-0.2, -0.15) is 8.42 Å². The summed E-state index contributed by atoms with van der Waals surface area (Å²) in [5.41, 5.74) is 0.437. The molecule has 0 spiro atoms. The number of hydrogen-bond acceptors (Lipinski definition) is 9. The van der Waals surface area contributed by atoms with E-state index in [9.17, 15) is 28.2 Å². The molecule has 0 radical (unpaired) electrons. The second kappa shape index (κ2) is 9.97. The molecule has 1 aromatic rings. The average Bonchev–Trinajstić information content (AvgIpc) is 2.66. The molecule has 0 bridgehead atoms. The minimum absolute atomic E-state index is 0.186. The Morgan fingerprint density at radius 3 is 2.43 bits per heavy atom. The summed E-state index contributed by atoms with van der Waals surface area (Å²) in [6.45, 7) is 3.73. The standard InChI is InChI=1S/C17H22N2O10S/c1-3-13(22)19-10-4-6-11(7-5-10)27-17-14(18-9(2)21)16(29-30(24,25)26)15(23)12(8-20)28-17/h3-7,12,14-17,20,23H,1,8H2,2H3,(H,18,21)(H,19,22)(H,24,25,26)/t12-,14-,15-,16-,17-/m1/s1. The summed E-state index contributed by atoms with van der Waals surface area (Å²) in [4.78, 5) is 22.9. The van der Waals surface area contributed by atoms with Gasteiger partial charge in [0.25, 0.3) is 0 Å². The van der Waals surface area contributed by atoms with E-state index < -0.39 is 59.5 Å². The third-order valence-corrected chi connectivity index (χ3v) is 4.48. The molecule has 166 valence electrons. The van der Waals surface area contributed by atoms with Crippen LogP contribution >= 0.6 is 0 Å². The van der Waals surface area contributed by atoms with Gasteiger partial charge in [-0.1, -0.05) is 6.58 Å². The zero-order valence-corrected chi connectivity index (χ0v) is 16.6. The first-order valence-electron chi connectivity index (χ1n) is 8.61. The average molecular weight is 446 g/mol. The van der Waals surface area contributed by atoms with Gasteiger partial charge in [0, 0.05) is 12.6 Å². The van der Waals surface area contributed by atoms with E-state index in [2.05, 4.69) is 21.4 Å². The number of nitrogens with one attached hydrogen (secondary N) is 2. The number of benzene rings is 1. The first-order valence-corrected chi connectivity index (χ1v) is 9.98. The fraction of sp³-hybridized carbons (Fsp3) is 0.412. The number of aliphatic hydroxyl groups excluding tert-OH is 2. The van der Waals surface area contributed by atoms with Crippen molar-refractivity contribution in [1.29, 1.82) is 0 Å². The van der Waals surface area contributed by atoms with Crippen LogP contribution in [0.1, 0.15) is 6.92 Å². The second-order valence-corrected chi connectivity index (χ2v) is 7.31. The van der Waals surface area contributed by atoms with E-state index in [4.69, 9.17) is 14.0 Å². The molecular weight excluding hydrogens is 424 g/mol. The quantitative estimate of drug-likeness (QED) is 0.244. The van der Waals surface area contributed by atoms with Crippen molar-refractivity contribution in [2.75, 3.05) is 11.9 Å². The number of carbonyl (C=O) groups excluding carboxylic acids is 2. The maximum Gasteiger partial charge on any atom is 0.397 e. The Balaban J connectivity index is 2.28. The van der Waals surface area contributed by atoms with Gasteiger partial charge >= 0.3 is 10.4 Å². The molecule has 1 aliphatic rings. The van der Waals surface area contributed by atoms with Crippen LogP contribution in [-0.2, 0) is 28.9 Å². The fourth-order valence-corrected chi connectivity index (χ4v) is 3.27. The Hall–Kier alpha value is -2.55. The molecular formula is C17H22N2O10S. The van der Waals surface area contributed by atoms with Crippen molar-refractivity contribution >= 4 is 27.9 Å². The van der Waals surface area contributed by atoms with Crippen molar-refractivity contribution in [2.45, 2.75) is 37.6 Å². The van der Waals surface area contributed by atoms with E-state index in [1.807, 2.05) is 0 Å². The van der Waals surface area contributed by atoms with Crippen LogP contribution in [0.2, 0.25) is 0 Å². The van der Waals surface area contributed by atoms with E-state index in [0.717, 1.165) is 13.0 Å². The van der Waals surface area contributed by atoms with Crippen molar-refractivity contribution in [3.63, 3.8) is 0 Å². The highest BCUT2D eigenvalue weighted by atomic mass is 32.3. The summed E-state index contributed by atoms with van der Waals surface area (Å²) in [5, 5.41) is 24.6. The van der Waals surface area contributed by atoms with Crippen LogP contribution < -0.4 is 15.4 Å². The third-order valence-electron chi connectivity index (χ3n) is 4.02. The van der Waals surface area contributed by atoms with E-state index >= 15 is 0 Å². The summed E-state index contributed by atoms with van der Waals surface area (Å²) in [7, 11) is -5.03. The fourth-order valence-electron chi connectivity index (χ4n) is 2.75. The maximum absolute atomic E-state index is 11.6. The van der Waals surface area contributed by atoms with Gasteiger partial charge in [0.2, 0.25) is 18.1 Å². The van der Waals surface area contributed by atoms with Crippen molar-refractivity contribution < 1.29 is 46.4 Å². The number of anilines is 1. The van der Waals surface area contributed by atoms with Gasteiger partial charge in [0.1, 0.15) is 30.1 Å². The first kappa shape index (κ1) is 23.7. The zero-order valence-electron chi connectivity index (χ0n) is 15.8. The molecule has 2 amide bonds. The van der Waals surface area contributed by atoms with Crippen LogP contribution in [0.5, 0.6) is 5.75 Å².